The maximum atomic E-state index is 12.4. The first-order valence-corrected chi connectivity index (χ1v) is 12.3. The predicted molar refractivity (Wildman–Crippen MR) is 118 cm³/mol. The third kappa shape index (κ3) is 3.91. The van der Waals surface area contributed by atoms with Crippen molar-refractivity contribution in [2.24, 2.45) is 11.3 Å². The van der Waals surface area contributed by atoms with Crippen LogP contribution in [0.2, 0.25) is 5.04 Å². The van der Waals surface area contributed by atoms with Crippen molar-refractivity contribution in [3.8, 4) is 0 Å². The highest BCUT2D eigenvalue weighted by molar-refractivity contribution is 6.99. The molecular weight excluding hydrogens is 380 g/mol. The Bertz CT molecular complexity index is 776. The lowest BCUT2D eigenvalue weighted by molar-refractivity contribution is -0.152. The summed E-state index contributed by atoms with van der Waals surface area (Å²) in [6.07, 6.45) is 0.612. The van der Waals surface area contributed by atoms with E-state index in [1.807, 2.05) is 12.1 Å². The van der Waals surface area contributed by atoms with Gasteiger partial charge in [-0.05, 0) is 28.8 Å². The minimum atomic E-state index is -2.63. The number of ether oxygens (including phenoxy) is 1. The zero-order valence-corrected chi connectivity index (χ0v) is 18.9. The Labute approximate surface area is 175 Å². The summed E-state index contributed by atoms with van der Waals surface area (Å²) in [5.74, 6) is -0.327. The standard InChI is InChI=1S/C24H32O4Si/c1-5-27-22(26)24(18-25)16-19(24)17-28-29(23(2,3)4,20-12-8-6-9-13-20)21-14-10-7-11-15-21/h6-15,19,25H,5,16-18H2,1-4H3/t19-,24-/m1/s1. The van der Waals surface area contributed by atoms with E-state index in [1.165, 1.54) is 10.4 Å². The molecule has 0 spiro atoms. The summed E-state index contributed by atoms with van der Waals surface area (Å²) in [4.78, 5) is 12.4. The molecule has 1 fully saturated rings. The summed E-state index contributed by atoms with van der Waals surface area (Å²) >= 11 is 0. The van der Waals surface area contributed by atoms with Crippen molar-refractivity contribution >= 4 is 24.7 Å². The molecule has 0 aliphatic heterocycles. The van der Waals surface area contributed by atoms with Gasteiger partial charge in [-0.3, -0.25) is 4.79 Å². The second-order valence-corrected chi connectivity index (χ2v) is 13.2. The van der Waals surface area contributed by atoms with Crippen LogP contribution in [0.5, 0.6) is 0 Å². The van der Waals surface area contributed by atoms with Crippen LogP contribution in [0, 0.1) is 11.3 Å². The lowest BCUT2D eigenvalue weighted by Crippen LogP contribution is -2.66. The molecule has 5 heteroatoms. The highest BCUT2D eigenvalue weighted by Gasteiger charge is 2.62. The Morgan fingerprint density at radius 2 is 1.59 bits per heavy atom. The van der Waals surface area contributed by atoms with Crippen molar-refractivity contribution in [3.63, 3.8) is 0 Å². The molecule has 0 saturated heterocycles. The number of esters is 1. The highest BCUT2D eigenvalue weighted by atomic mass is 28.4. The second kappa shape index (κ2) is 8.42. The topological polar surface area (TPSA) is 55.8 Å². The molecule has 1 aliphatic carbocycles. The zero-order valence-electron chi connectivity index (χ0n) is 17.9. The van der Waals surface area contributed by atoms with E-state index in [4.69, 9.17) is 9.16 Å². The summed E-state index contributed by atoms with van der Waals surface area (Å²) in [5.41, 5.74) is -0.804. The molecule has 4 nitrogen and oxygen atoms in total. The molecule has 2 aromatic carbocycles. The van der Waals surface area contributed by atoms with Gasteiger partial charge in [-0.25, -0.2) is 0 Å². The molecule has 1 aliphatic rings. The number of hydrogen-bond acceptors (Lipinski definition) is 4. The highest BCUT2D eigenvalue weighted by Crippen LogP contribution is 2.54. The fourth-order valence-electron chi connectivity index (χ4n) is 4.37. The third-order valence-corrected chi connectivity index (χ3v) is 11.1. The van der Waals surface area contributed by atoms with E-state index >= 15 is 0 Å². The summed E-state index contributed by atoms with van der Waals surface area (Å²) in [6, 6.07) is 20.9. The van der Waals surface area contributed by atoms with E-state index in [-0.39, 0.29) is 23.5 Å². The van der Waals surface area contributed by atoms with Crippen LogP contribution in [0.15, 0.2) is 60.7 Å². The number of aliphatic hydroxyl groups excluding tert-OH is 1. The van der Waals surface area contributed by atoms with E-state index in [1.54, 1.807) is 6.92 Å². The average molecular weight is 413 g/mol. The van der Waals surface area contributed by atoms with Crippen LogP contribution < -0.4 is 10.4 Å². The van der Waals surface area contributed by atoms with Gasteiger partial charge in [0.05, 0.1) is 18.6 Å². The molecular formula is C24H32O4Si. The minimum Gasteiger partial charge on any atom is -0.465 e. The molecule has 3 rings (SSSR count). The molecule has 0 heterocycles. The third-order valence-electron chi connectivity index (χ3n) is 6.11. The van der Waals surface area contributed by atoms with E-state index in [0.717, 1.165) is 0 Å². The number of rotatable bonds is 8. The van der Waals surface area contributed by atoms with Gasteiger partial charge in [0.25, 0.3) is 8.32 Å². The number of aliphatic hydroxyl groups is 1. The van der Waals surface area contributed by atoms with Gasteiger partial charge in [-0.2, -0.15) is 0 Å². The Balaban J connectivity index is 1.96. The molecule has 156 valence electrons. The van der Waals surface area contributed by atoms with Crippen LogP contribution in [0.25, 0.3) is 0 Å². The molecule has 0 aromatic heterocycles. The average Bonchev–Trinajstić information content (AvgIpc) is 3.44. The van der Waals surface area contributed by atoms with E-state index in [2.05, 4.69) is 69.3 Å². The number of carbonyl (C=O) groups is 1. The van der Waals surface area contributed by atoms with Gasteiger partial charge in [0, 0.05) is 12.5 Å². The van der Waals surface area contributed by atoms with Gasteiger partial charge in [0.15, 0.2) is 0 Å². The molecule has 1 N–H and O–H groups in total. The Morgan fingerprint density at radius 3 is 2.00 bits per heavy atom. The van der Waals surface area contributed by atoms with Crippen LogP contribution >= 0.6 is 0 Å². The Kier molecular flexibility index (Phi) is 6.32. The van der Waals surface area contributed by atoms with Crippen LogP contribution in [0.4, 0.5) is 0 Å². The SMILES string of the molecule is CCOC(=O)[C@@]1(CO)C[C@@H]1CO[Si](c1ccccc1)(c1ccccc1)C(C)(C)C. The molecule has 0 amide bonds. The lowest BCUT2D eigenvalue weighted by Gasteiger charge is -2.43. The molecule has 0 unspecified atom stereocenters. The monoisotopic (exact) mass is 412 g/mol. The van der Waals surface area contributed by atoms with Gasteiger partial charge >= 0.3 is 5.97 Å². The predicted octanol–water partition coefficient (Wildman–Crippen LogP) is 3.12. The van der Waals surface area contributed by atoms with Gasteiger partial charge < -0.3 is 14.3 Å². The summed E-state index contributed by atoms with van der Waals surface area (Å²) in [5, 5.41) is 12.2. The molecule has 0 radical (unpaired) electrons. The first-order chi connectivity index (χ1) is 13.8. The molecule has 29 heavy (non-hydrogen) atoms. The smallest absolute Gasteiger partial charge is 0.314 e. The Morgan fingerprint density at radius 1 is 1.07 bits per heavy atom. The van der Waals surface area contributed by atoms with Crippen molar-refractivity contribution in [2.45, 2.75) is 39.2 Å². The summed E-state index contributed by atoms with van der Waals surface area (Å²) in [7, 11) is -2.63. The van der Waals surface area contributed by atoms with Crippen molar-refractivity contribution in [1.82, 2.24) is 0 Å². The molecule has 0 bridgehead atoms. The fourth-order valence-corrected chi connectivity index (χ4v) is 8.98. The molecule has 1 saturated carbocycles. The van der Waals surface area contributed by atoms with Gasteiger partial charge in [-0.1, -0.05) is 81.4 Å². The summed E-state index contributed by atoms with van der Waals surface area (Å²) < 4.78 is 12.1. The normalized spacial score (nSPS) is 21.6. The molecule has 2 atom stereocenters. The fraction of sp³-hybridized carbons (Fsp3) is 0.458. The molecule has 2 aromatic rings. The first kappa shape index (κ1) is 21.7. The van der Waals surface area contributed by atoms with Crippen molar-refractivity contribution < 1.29 is 19.1 Å². The lowest BCUT2D eigenvalue weighted by atomic mass is 10.1. The number of carbonyl (C=O) groups excluding carboxylic acids is 1. The minimum absolute atomic E-state index is 0.0202. The maximum Gasteiger partial charge on any atom is 0.314 e. The van der Waals surface area contributed by atoms with Crippen LogP contribution in [0.3, 0.4) is 0 Å². The van der Waals surface area contributed by atoms with Gasteiger partial charge in [0.1, 0.15) is 0 Å². The quantitative estimate of drug-likeness (QED) is 0.535. The maximum absolute atomic E-state index is 12.4. The zero-order chi connectivity index (χ0) is 21.1. The van der Waals surface area contributed by atoms with Crippen molar-refractivity contribution in [3.05, 3.63) is 60.7 Å². The van der Waals surface area contributed by atoms with Crippen LogP contribution in [0.1, 0.15) is 34.1 Å². The van der Waals surface area contributed by atoms with Crippen molar-refractivity contribution in [1.29, 1.82) is 0 Å². The van der Waals surface area contributed by atoms with Gasteiger partial charge in [-0.15, -0.1) is 0 Å². The van der Waals surface area contributed by atoms with Crippen LogP contribution in [-0.2, 0) is 14.0 Å². The largest absolute Gasteiger partial charge is 0.465 e. The second-order valence-electron chi connectivity index (χ2n) is 8.91. The summed E-state index contributed by atoms with van der Waals surface area (Å²) in [6.45, 7) is 9.06. The first-order valence-electron chi connectivity index (χ1n) is 10.3. The van der Waals surface area contributed by atoms with Gasteiger partial charge in [0.2, 0.25) is 0 Å². The number of benzene rings is 2. The van der Waals surface area contributed by atoms with E-state index in [0.29, 0.717) is 19.6 Å². The van der Waals surface area contributed by atoms with Crippen LogP contribution in [-0.4, -0.2) is 39.2 Å². The number of hydrogen-bond donors (Lipinski definition) is 1. The van der Waals surface area contributed by atoms with Crippen molar-refractivity contribution in [2.75, 3.05) is 19.8 Å². The Hall–Kier alpha value is -1.95. The van der Waals surface area contributed by atoms with E-state index < -0.39 is 13.7 Å². The van der Waals surface area contributed by atoms with E-state index in [9.17, 15) is 9.90 Å².